The fraction of sp³-hybridized carbons (Fsp3) is 0.250. The summed E-state index contributed by atoms with van der Waals surface area (Å²) in [4.78, 5) is 15.1. The van der Waals surface area contributed by atoms with E-state index in [1.807, 2.05) is 72.8 Å². The number of H-pyrrole nitrogens is 1. The lowest BCUT2D eigenvalue weighted by Gasteiger charge is -2.31. The van der Waals surface area contributed by atoms with Crippen LogP contribution in [0.3, 0.4) is 0 Å². The van der Waals surface area contributed by atoms with Gasteiger partial charge >= 0.3 is 7.32 Å². The van der Waals surface area contributed by atoms with Gasteiger partial charge in [0.1, 0.15) is 5.82 Å². The van der Waals surface area contributed by atoms with Crippen molar-refractivity contribution in [3.8, 4) is 0 Å². The second-order valence-electron chi connectivity index (χ2n) is 8.55. The van der Waals surface area contributed by atoms with Gasteiger partial charge in [0, 0.05) is 49.6 Å². The molecule has 5 rings (SSSR count). The monoisotopic (exact) mass is 660 g/mol. The van der Waals surface area contributed by atoms with Gasteiger partial charge in [-0.3, -0.25) is 19.9 Å². The van der Waals surface area contributed by atoms with Gasteiger partial charge < -0.3 is 25.3 Å². The van der Waals surface area contributed by atoms with Crippen molar-refractivity contribution < 1.29 is 25.3 Å². The second-order valence-corrected chi connectivity index (χ2v) is 8.55. The molecule has 0 aliphatic carbocycles. The molecule has 0 saturated heterocycles. The maximum atomic E-state index is 9.10. The Kier molecular flexibility index (Phi) is 29.8. The number of hydrogen-bond donors (Lipinski definition) is 6. The van der Waals surface area contributed by atoms with Gasteiger partial charge in [-0.05, 0) is 93.6 Å². The van der Waals surface area contributed by atoms with Gasteiger partial charge in [0.2, 0.25) is 0 Å². The highest BCUT2D eigenvalue weighted by molar-refractivity contribution is 8.93. The molecule has 0 aromatic carbocycles. The molecule has 0 fully saturated rings. The molecule has 0 atom stereocenters. The van der Waals surface area contributed by atoms with E-state index in [9.17, 15) is 0 Å². The van der Waals surface area contributed by atoms with E-state index in [-0.39, 0.29) is 17.0 Å². The van der Waals surface area contributed by atoms with Crippen LogP contribution in [-0.2, 0) is 0 Å². The number of aliphatic hydroxyl groups is 2. The average molecular weight is 661 g/mol. The van der Waals surface area contributed by atoms with E-state index in [0.29, 0.717) is 0 Å². The molecular formula is C28H42BBrN8O5. The molecule has 13 nitrogen and oxygen atoms in total. The second kappa shape index (κ2) is 29.5. The predicted octanol–water partition coefficient (Wildman–Crippen LogP) is 2.89. The Hall–Kier alpha value is -3.99. The third-order valence-corrected chi connectivity index (χ3v) is 4.21. The molecule has 0 aliphatic heterocycles. The molecule has 234 valence electrons. The van der Waals surface area contributed by atoms with Crippen molar-refractivity contribution in [3.63, 3.8) is 0 Å². The molecule has 0 radical (unpaired) electrons. The number of nitrogens with one attached hydrogen (secondary N) is 1. The number of aryl methyl sites for hydroxylation is 1. The van der Waals surface area contributed by atoms with E-state index in [1.165, 1.54) is 0 Å². The van der Waals surface area contributed by atoms with Crippen LogP contribution in [0.15, 0.2) is 122 Å². The summed E-state index contributed by atoms with van der Waals surface area (Å²) in [6, 6.07) is 22.9. The first kappa shape index (κ1) is 43.5. The van der Waals surface area contributed by atoms with Crippen molar-refractivity contribution in [1.29, 1.82) is 0 Å². The van der Waals surface area contributed by atoms with Crippen LogP contribution in [0.25, 0.3) is 0 Å². The fourth-order valence-corrected chi connectivity index (χ4v) is 1.46. The normalized spacial score (nSPS) is 8.98. The summed E-state index contributed by atoms with van der Waals surface area (Å²) >= 11 is 0. The lowest BCUT2D eigenvalue weighted by atomic mass is 9.90. The molecule has 0 spiro atoms. The van der Waals surface area contributed by atoms with E-state index >= 15 is 0 Å². The molecule has 6 N–H and O–H groups in total. The summed E-state index contributed by atoms with van der Waals surface area (Å²) in [5.74, 6) is 0.745. The minimum atomic E-state index is -2.17. The van der Waals surface area contributed by atoms with Crippen molar-refractivity contribution >= 4 is 24.3 Å². The maximum absolute atomic E-state index is 9.10. The molecule has 15 heteroatoms. The lowest BCUT2D eigenvalue weighted by molar-refractivity contribution is -0.107. The zero-order chi connectivity index (χ0) is 32.0. The summed E-state index contributed by atoms with van der Waals surface area (Å²) in [7, 11) is -2.17. The molecule has 43 heavy (non-hydrogen) atoms. The van der Waals surface area contributed by atoms with Gasteiger partial charge in [-0.1, -0.05) is 24.3 Å². The Morgan fingerprint density at radius 2 is 0.767 bits per heavy atom. The number of pyridine rings is 4. The predicted molar refractivity (Wildman–Crippen MR) is 171 cm³/mol. The van der Waals surface area contributed by atoms with Gasteiger partial charge in [-0.2, -0.15) is 0 Å². The molecule has 5 heterocycles. The Morgan fingerprint density at radius 1 is 0.535 bits per heavy atom. The fourth-order valence-electron chi connectivity index (χ4n) is 1.46. The highest BCUT2D eigenvalue weighted by Gasteiger charge is 2.31. The van der Waals surface area contributed by atoms with Gasteiger partial charge in [0.25, 0.3) is 0 Å². The smallest absolute Gasteiger partial charge is 0.402 e. The van der Waals surface area contributed by atoms with Gasteiger partial charge in [0.15, 0.2) is 0 Å². The first-order valence-electron chi connectivity index (χ1n) is 12.5. The zero-order valence-corrected chi connectivity index (χ0v) is 26.6. The Balaban J connectivity index is -0.000000435. The van der Waals surface area contributed by atoms with Crippen LogP contribution < -0.4 is 0 Å². The molecule has 5 aromatic heterocycles. The van der Waals surface area contributed by atoms with Crippen LogP contribution in [0.5, 0.6) is 0 Å². The SMILES string of the molecule is Br.CC(C)(O)C(C)(C)O.Cc1nnn[nH]1.OB(O)O.c1ccncc1.c1ccncc1.c1ccncc1.c1ccncc1. The summed E-state index contributed by atoms with van der Waals surface area (Å²) in [6.45, 7) is 8.10. The van der Waals surface area contributed by atoms with E-state index < -0.39 is 18.5 Å². The number of tetrazole rings is 1. The van der Waals surface area contributed by atoms with Crippen molar-refractivity contribution in [3.05, 3.63) is 128 Å². The summed E-state index contributed by atoms with van der Waals surface area (Å²) in [6.07, 6.45) is 14.0. The van der Waals surface area contributed by atoms with Crippen molar-refractivity contribution in [2.45, 2.75) is 45.8 Å². The van der Waals surface area contributed by atoms with Crippen LogP contribution in [0.4, 0.5) is 0 Å². The molecule has 0 aliphatic rings. The van der Waals surface area contributed by atoms with Crippen molar-refractivity contribution in [2.75, 3.05) is 0 Å². The number of halogens is 1. The van der Waals surface area contributed by atoms with Crippen LogP contribution >= 0.6 is 17.0 Å². The van der Waals surface area contributed by atoms with Crippen LogP contribution in [0.2, 0.25) is 0 Å². The largest absolute Gasteiger partial charge is 0.631 e. The molecular weight excluding hydrogens is 619 g/mol. The highest BCUT2D eigenvalue weighted by Crippen LogP contribution is 2.19. The highest BCUT2D eigenvalue weighted by atomic mass is 79.9. The van der Waals surface area contributed by atoms with E-state index in [0.717, 1.165) is 5.82 Å². The lowest BCUT2D eigenvalue weighted by Crippen LogP contribution is -2.44. The number of aromatic nitrogens is 8. The third-order valence-electron chi connectivity index (χ3n) is 4.21. The zero-order valence-electron chi connectivity index (χ0n) is 24.9. The Morgan fingerprint density at radius 3 is 0.814 bits per heavy atom. The third kappa shape index (κ3) is 38.0. The molecule has 0 unspecified atom stereocenters. The topological polar surface area (TPSA) is 207 Å². The summed E-state index contributed by atoms with van der Waals surface area (Å²) in [5.41, 5.74) is -2.01. The number of hydrogen-bond acceptors (Lipinski definition) is 12. The average Bonchev–Trinajstić information content (AvgIpc) is 3.48. The molecule has 5 aromatic rings. The van der Waals surface area contributed by atoms with E-state index in [2.05, 4.69) is 40.6 Å². The van der Waals surface area contributed by atoms with Gasteiger partial charge in [-0.25, -0.2) is 5.10 Å². The first-order chi connectivity index (χ1) is 19.9. The molecule has 0 bridgehead atoms. The minimum Gasteiger partial charge on any atom is -0.402 e. The van der Waals surface area contributed by atoms with Gasteiger partial charge in [-0.15, -0.1) is 22.1 Å². The molecule has 0 amide bonds. The summed E-state index contributed by atoms with van der Waals surface area (Å²) in [5, 5.41) is 52.3. The number of aromatic amines is 1. The quantitative estimate of drug-likeness (QED) is 0.143. The van der Waals surface area contributed by atoms with E-state index in [1.54, 1.807) is 84.2 Å². The van der Waals surface area contributed by atoms with Crippen LogP contribution in [-0.4, -0.2) is 84.4 Å². The van der Waals surface area contributed by atoms with E-state index in [4.69, 9.17) is 25.3 Å². The minimum absolute atomic E-state index is 0. The van der Waals surface area contributed by atoms with Crippen molar-refractivity contribution in [2.24, 2.45) is 0 Å². The Bertz CT molecular complexity index is 897. The van der Waals surface area contributed by atoms with Gasteiger partial charge in [0.05, 0.1) is 11.2 Å². The van der Waals surface area contributed by atoms with Crippen LogP contribution in [0, 0.1) is 6.92 Å². The molecule has 0 saturated carbocycles. The van der Waals surface area contributed by atoms with Crippen LogP contribution in [0.1, 0.15) is 33.5 Å². The standard InChI is InChI=1S/C6H14O2.4C5H5N.C2H4N4.BH3O3.BrH/c1-5(2,7)6(3,4)8;4*1-2-4-6-5-3-1;1-2-3-5-6-4-2;2-1(3)4;/h7-8H,1-4H3;4*1-5H;1H3,(H,3,4,5,6);2-4H;1H. The number of rotatable bonds is 1. The summed E-state index contributed by atoms with van der Waals surface area (Å²) < 4.78 is 0. The maximum Gasteiger partial charge on any atom is 0.631 e. The first-order valence-corrected chi connectivity index (χ1v) is 12.5. The van der Waals surface area contributed by atoms with Crippen molar-refractivity contribution in [1.82, 2.24) is 40.6 Å². The number of nitrogens with zero attached hydrogens (tertiary/aromatic N) is 7. The Labute approximate surface area is 263 Å².